The summed E-state index contributed by atoms with van der Waals surface area (Å²) >= 11 is 5.95. The van der Waals surface area contributed by atoms with Crippen LogP contribution in [0.25, 0.3) is 0 Å². The van der Waals surface area contributed by atoms with E-state index in [0.29, 0.717) is 17.4 Å². The molecule has 1 aromatic carbocycles. The van der Waals surface area contributed by atoms with Gasteiger partial charge < -0.3 is 4.74 Å². The van der Waals surface area contributed by atoms with E-state index in [9.17, 15) is 8.42 Å². The number of benzene rings is 1. The molecular formula is C14H16ClN2O3S+. The van der Waals surface area contributed by atoms with Gasteiger partial charge in [0, 0.05) is 24.2 Å². The highest BCUT2D eigenvalue weighted by Gasteiger charge is 2.16. The molecule has 1 heterocycles. The van der Waals surface area contributed by atoms with E-state index in [1.807, 2.05) is 13.0 Å². The van der Waals surface area contributed by atoms with Crippen molar-refractivity contribution in [2.45, 2.75) is 18.4 Å². The van der Waals surface area contributed by atoms with Gasteiger partial charge in [-0.15, -0.1) is 0 Å². The molecule has 21 heavy (non-hydrogen) atoms. The molecule has 0 aliphatic heterocycles. The molecule has 2 N–H and O–H groups in total. The molecule has 0 bridgehead atoms. The number of rotatable bonds is 6. The Bertz CT molecular complexity index is 705. The Morgan fingerprint density at radius 1 is 1.33 bits per heavy atom. The second kappa shape index (κ2) is 6.89. The van der Waals surface area contributed by atoms with Crippen LogP contribution < -0.4 is 14.4 Å². The van der Waals surface area contributed by atoms with E-state index in [1.54, 1.807) is 18.5 Å². The largest absolute Gasteiger partial charge is 0.492 e. The normalized spacial score (nSPS) is 11.3. The van der Waals surface area contributed by atoms with Crippen molar-refractivity contribution in [3.8, 4) is 5.75 Å². The van der Waals surface area contributed by atoms with Crippen LogP contribution in [-0.4, -0.2) is 15.0 Å². The molecule has 0 unspecified atom stereocenters. The highest BCUT2D eigenvalue weighted by molar-refractivity contribution is 7.89. The zero-order chi connectivity index (χ0) is 15.3. The fraction of sp³-hybridized carbons (Fsp3) is 0.214. The Labute approximate surface area is 129 Å². The topological polar surface area (TPSA) is 69.5 Å². The minimum atomic E-state index is -3.62. The minimum absolute atomic E-state index is 0.121. The quantitative estimate of drug-likeness (QED) is 0.882. The summed E-state index contributed by atoms with van der Waals surface area (Å²) in [6.45, 7) is 2.42. The Hall–Kier alpha value is -1.63. The van der Waals surface area contributed by atoms with Crippen LogP contribution in [0.3, 0.4) is 0 Å². The van der Waals surface area contributed by atoms with Crippen molar-refractivity contribution in [1.82, 2.24) is 4.72 Å². The molecule has 112 valence electrons. The van der Waals surface area contributed by atoms with E-state index < -0.39 is 10.0 Å². The van der Waals surface area contributed by atoms with Crippen molar-refractivity contribution in [2.75, 3.05) is 6.61 Å². The van der Waals surface area contributed by atoms with Gasteiger partial charge in [0.25, 0.3) is 0 Å². The first-order valence-corrected chi connectivity index (χ1v) is 8.26. The molecule has 0 fully saturated rings. The maximum Gasteiger partial charge on any atom is 0.241 e. The standard InChI is InChI=1S/C14H15ClN2O3S/c1-2-20-14-8-12(5-6-13(14)15)21(18,19)17-10-11-4-3-7-16-9-11/h3-9,17H,2,10H2,1H3/p+1. The van der Waals surface area contributed by atoms with Crippen LogP contribution in [0.4, 0.5) is 0 Å². The van der Waals surface area contributed by atoms with Crippen LogP contribution >= 0.6 is 11.6 Å². The summed E-state index contributed by atoms with van der Waals surface area (Å²) in [5.74, 6) is 0.357. The van der Waals surface area contributed by atoms with Crippen molar-refractivity contribution >= 4 is 21.6 Å². The molecule has 0 radical (unpaired) electrons. The van der Waals surface area contributed by atoms with Gasteiger partial charge in [-0.3, -0.25) is 0 Å². The first-order valence-electron chi connectivity index (χ1n) is 6.40. The summed E-state index contributed by atoms with van der Waals surface area (Å²) in [5.41, 5.74) is 0.833. The SMILES string of the molecule is CCOc1cc(S(=O)(=O)NCc2ccc[nH+]c2)ccc1Cl. The van der Waals surface area contributed by atoms with E-state index in [2.05, 4.69) is 9.71 Å². The Morgan fingerprint density at radius 3 is 2.81 bits per heavy atom. The van der Waals surface area contributed by atoms with E-state index in [-0.39, 0.29) is 11.4 Å². The van der Waals surface area contributed by atoms with Crippen LogP contribution in [0.15, 0.2) is 47.6 Å². The predicted molar refractivity (Wildman–Crippen MR) is 79.6 cm³/mol. The summed E-state index contributed by atoms with van der Waals surface area (Å²) in [6, 6.07) is 8.01. The number of ether oxygens (including phenoxy) is 1. The second-order valence-corrected chi connectivity index (χ2v) is 6.44. The molecule has 1 aromatic heterocycles. The van der Waals surface area contributed by atoms with Gasteiger partial charge in [0.05, 0.1) is 16.5 Å². The molecule has 0 atom stereocenters. The van der Waals surface area contributed by atoms with Crippen molar-refractivity contribution in [3.05, 3.63) is 53.3 Å². The predicted octanol–water partition coefficient (Wildman–Crippen LogP) is 2.03. The first-order chi connectivity index (χ1) is 10.0. The molecule has 2 aromatic rings. The summed E-state index contributed by atoms with van der Waals surface area (Å²) < 4.78 is 32.3. The summed E-state index contributed by atoms with van der Waals surface area (Å²) in [7, 11) is -3.62. The third-order valence-electron chi connectivity index (χ3n) is 2.75. The molecular weight excluding hydrogens is 312 g/mol. The van der Waals surface area contributed by atoms with E-state index >= 15 is 0 Å². The van der Waals surface area contributed by atoms with Gasteiger partial charge in [-0.05, 0) is 25.1 Å². The fourth-order valence-electron chi connectivity index (χ4n) is 1.72. The van der Waals surface area contributed by atoms with Gasteiger partial charge in [0.2, 0.25) is 10.0 Å². The van der Waals surface area contributed by atoms with Gasteiger partial charge >= 0.3 is 0 Å². The van der Waals surface area contributed by atoms with E-state index in [4.69, 9.17) is 16.3 Å². The first kappa shape index (κ1) is 15.8. The second-order valence-electron chi connectivity index (χ2n) is 4.26. The van der Waals surface area contributed by atoms with Crippen LogP contribution in [0.5, 0.6) is 5.75 Å². The number of hydrogen-bond donors (Lipinski definition) is 1. The highest BCUT2D eigenvalue weighted by atomic mass is 35.5. The third-order valence-corrected chi connectivity index (χ3v) is 4.46. The minimum Gasteiger partial charge on any atom is -0.492 e. The van der Waals surface area contributed by atoms with Crippen LogP contribution in [0, 0.1) is 0 Å². The lowest BCUT2D eigenvalue weighted by molar-refractivity contribution is -0.378. The number of H-pyrrole nitrogens is 1. The van der Waals surface area contributed by atoms with Gasteiger partial charge in [-0.25, -0.2) is 18.1 Å². The molecule has 0 aliphatic rings. The third kappa shape index (κ3) is 4.17. The Balaban J connectivity index is 2.17. The Kier molecular flexibility index (Phi) is 5.17. The number of aromatic nitrogens is 1. The smallest absolute Gasteiger partial charge is 0.241 e. The molecule has 5 nitrogen and oxygen atoms in total. The Morgan fingerprint density at radius 2 is 2.14 bits per heavy atom. The van der Waals surface area contributed by atoms with Crippen LogP contribution in [0.1, 0.15) is 12.5 Å². The van der Waals surface area contributed by atoms with E-state index in [1.165, 1.54) is 18.2 Å². The number of sulfonamides is 1. The van der Waals surface area contributed by atoms with E-state index in [0.717, 1.165) is 5.56 Å². The molecule has 0 spiro atoms. The number of nitrogens with one attached hydrogen (secondary N) is 2. The molecule has 0 aliphatic carbocycles. The molecule has 0 amide bonds. The van der Waals surface area contributed by atoms with Gasteiger partial charge in [-0.1, -0.05) is 11.6 Å². The van der Waals surface area contributed by atoms with Crippen LogP contribution in [-0.2, 0) is 16.6 Å². The van der Waals surface area contributed by atoms with Gasteiger partial charge in [0.15, 0.2) is 12.4 Å². The van der Waals surface area contributed by atoms with Gasteiger partial charge in [0.1, 0.15) is 5.75 Å². The maximum atomic E-state index is 12.3. The zero-order valence-corrected chi connectivity index (χ0v) is 13.0. The summed E-state index contributed by atoms with van der Waals surface area (Å²) in [4.78, 5) is 3.02. The monoisotopic (exact) mass is 327 g/mol. The average Bonchev–Trinajstić information content (AvgIpc) is 2.49. The maximum absolute atomic E-state index is 12.3. The van der Waals surface area contributed by atoms with Crippen molar-refractivity contribution in [2.24, 2.45) is 0 Å². The highest BCUT2D eigenvalue weighted by Crippen LogP contribution is 2.27. The lowest BCUT2D eigenvalue weighted by Crippen LogP contribution is -2.23. The molecule has 0 saturated carbocycles. The number of hydrogen-bond acceptors (Lipinski definition) is 3. The molecule has 2 rings (SSSR count). The van der Waals surface area contributed by atoms with Gasteiger partial charge in [-0.2, -0.15) is 0 Å². The van der Waals surface area contributed by atoms with Crippen molar-refractivity contribution in [1.29, 1.82) is 0 Å². The van der Waals surface area contributed by atoms with Crippen LogP contribution in [0.2, 0.25) is 5.02 Å². The summed E-state index contributed by atoms with van der Waals surface area (Å²) in [6.07, 6.45) is 3.49. The number of aromatic amines is 1. The lowest BCUT2D eigenvalue weighted by atomic mass is 10.3. The lowest BCUT2D eigenvalue weighted by Gasteiger charge is -2.09. The fourth-order valence-corrected chi connectivity index (χ4v) is 2.92. The summed E-state index contributed by atoms with van der Waals surface area (Å²) in [5, 5.41) is 0.383. The van der Waals surface area contributed by atoms with Crippen molar-refractivity contribution < 1.29 is 18.1 Å². The number of pyridine rings is 1. The van der Waals surface area contributed by atoms with Crippen molar-refractivity contribution in [3.63, 3.8) is 0 Å². The molecule has 0 saturated heterocycles. The number of halogens is 1. The zero-order valence-electron chi connectivity index (χ0n) is 11.5. The molecule has 7 heteroatoms. The average molecular weight is 328 g/mol.